The fourth-order valence-electron chi connectivity index (χ4n) is 4.89. The Hall–Kier alpha value is -1.39. The van der Waals surface area contributed by atoms with Crippen LogP contribution in [0.3, 0.4) is 0 Å². The van der Waals surface area contributed by atoms with Crippen LogP contribution >= 0.6 is 0 Å². The van der Waals surface area contributed by atoms with Crippen LogP contribution in [-0.4, -0.2) is 49.8 Å². The zero-order valence-corrected chi connectivity index (χ0v) is 16.4. The van der Waals surface area contributed by atoms with E-state index in [9.17, 15) is 4.79 Å². The van der Waals surface area contributed by atoms with Gasteiger partial charge in [0.25, 0.3) is 0 Å². The van der Waals surface area contributed by atoms with Gasteiger partial charge in [-0.15, -0.1) is 0 Å². The van der Waals surface area contributed by atoms with Gasteiger partial charge in [0.1, 0.15) is 0 Å². The molecule has 1 saturated carbocycles. The molecular weight excluding hydrogens is 338 g/mol. The van der Waals surface area contributed by atoms with Gasteiger partial charge in [0, 0.05) is 31.5 Å². The molecule has 27 heavy (non-hydrogen) atoms. The summed E-state index contributed by atoms with van der Waals surface area (Å²) < 4.78 is 11.5. The molecule has 0 aromatic heterocycles. The van der Waals surface area contributed by atoms with Crippen LogP contribution in [0.4, 0.5) is 0 Å². The van der Waals surface area contributed by atoms with Gasteiger partial charge in [0.05, 0.1) is 19.3 Å². The minimum absolute atomic E-state index is 0.234. The monoisotopic (exact) mass is 371 g/mol. The molecule has 1 aromatic rings. The van der Waals surface area contributed by atoms with Crippen molar-refractivity contribution in [1.82, 2.24) is 4.90 Å². The molecule has 3 aliphatic rings. The van der Waals surface area contributed by atoms with Gasteiger partial charge in [-0.1, -0.05) is 30.3 Å². The minimum atomic E-state index is 0.234. The average molecular weight is 372 g/mol. The van der Waals surface area contributed by atoms with Gasteiger partial charge in [-0.05, 0) is 56.4 Å². The highest BCUT2D eigenvalue weighted by Gasteiger charge is 2.32. The van der Waals surface area contributed by atoms with E-state index in [-0.39, 0.29) is 5.92 Å². The quantitative estimate of drug-likeness (QED) is 0.785. The Morgan fingerprint density at radius 1 is 1.00 bits per heavy atom. The first-order valence-electron chi connectivity index (χ1n) is 10.8. The number of piperidine rings is 1. The van der Waals surface area contributed by atoms with Crippen LogP contribution in [-0.2, 0) is 14.3 Å². The molecule has 3 fully saturated rings. The van der Waals surface area contributed by atoms with Gasteiger partial charge < -0.3 is 14.4 Å². The molecule has 0 bridgehead atoms. The van der Waals surface area contributed by atoms with E-state index in [2.05, 4.69) is 35.2 Å². The van der Waals surface area contributed by atoms with Gasteiger partial charge in [0.2, 0.25) is 5.91 Å². The minimum Gasteiger partial charge on any atom is -0.381 e. The number of nitrogens with zero attached hydrogens (tertiary/aromatic N) is 1. The summed E-state index contributed by atoms with van der Waals surface area (Å²) in [5.74, 6) is 1.83. The fourth-order valence-corrected chi connectivity index (χ4v) is 4.89. The summed E-state index contributed by atoms with van der Waals surface area (Å²) in [7, 11) is 0. The third-order valence-electron chi connectivity index (χ3n) is 6.69. The van der Waals surface area contributed by atoms with E-state index in [1.807, 2.05) is 0 Å². The van der Waals surface area contributed by atoms with E-state index < -0.39 is 0 Å². The van der Waals surface area contributed by atoms with Crippen molar-refractivity contribution < 1.29 is 14.3 Å². The number of rotatable bonds is 5. The second-order valence-corrected chi connectivity index (χ2v) is 8.55. The third kappa shape index (κ3) is 4.91. The molecule has 1 amide bonds. The fraction of sp³-hybridized carbons (Fsp3) is 0.696. The largest absolute Gasteiger partial charge is 0.381 e. The van der Waals surface area contributed by atoms with Gasteiger partial charge >= 0.3 is 0 Å². The molecule has 1 atom stereocenters. The molecule has 1 aromatic carbocycles. The number of carbonyl (C=O) groups excluding carboxylic acids is 1. The van der Waals surface area contributed by atoms with Crippen LogP contribution in [0.1, 0.15) is 56.4 Å². The second kappa shape index (κ2) is 9.20. The SMILES string of the molecule is O=C(C1CCC(c2ccccc2)CC1)N1CCC(OCC2CCOC2)CC1. The van der Waals surface area contributed by atoms with Crippen molar-refractivity contribution in [3.63, 3.8) is 0 Å². The van der Waals surface area contributed by atoms with Crippen molar-refractivity contribution in [1.29, 1.82) is 0 Å². The number of likely N-dealkylation sites (tertiary alicyclic amines) is 1. The maximum atomic E-state index is 12.9. The van der Waals surface area contributed by atoms with Crippen LogP contribution in [0.2, 0.25) is 0 Å². The number of amides is 1. The number of benzene rings is 1. The van der Waals surface area contributed by atoms with Gasteiger partial charge in [-0.2, -0.15) is 0 Å². The predicted molar refractivity (Wildman–Crippen MR) is 106 cm³/mol. The first-order valence-corrected chi connectivity index (χ1v) is 10.8. The second-order valence-electron chi connectivity index (χ2n) is 8.55. The Balaban J connectivity index is 1.18. The summed E-state index contributed by atoms with van der Waals surface area (Å²) in [5, 5.41) is 0. The van der Waals surface area contributed by atoms with Gasteiger partial charge in [-0.25, -0.2) is 0 Å². The topological polar surface area (TPSA) is 38.8 Å². The van der Waals surface area contributed by atoms with Crippen molar-refractivity contribution in [3.8, 4) is 0 Å². The van der Waals surface area contributed by atoms with E-state index in [1.165, 1.54) is 5.56 Å². The Labute approximate surface area is 163 Å². The van der Waals surface area contributed by atoms with Crippen LogP contribution in [0.5, 0.6) is 0 Å². The maximum absolute atomic E-state index is 12.9. The molecule has 1 aliphatic carbocycles. The third-order valence-corrected chi connectivity index (χ3v) is 6.69. The number of ether oxygens (including phenoxy) is 2. The predicted octanol–water partition coefficient (Wildman–Crippen LogP) is 4.00. The van der Waals surface area contributed by atoms with Crippen LogP contribution in [0.15, 0.2) is 30.3 Å². The summed E-state index contributed by atoms with van der Waals surface area (Å²) >= 11 is 0. The van der Waals surface area contributed by atoms with E-state index in [0.29, 0.717) is 23.8 Å². The lowest BCUT2D eigenvalue weighted by Gasteiger charge is -2.36. The number of carbonyl (C=O) groups is 1. The zero-order valence-electron chi connectivity index (χ0n) is 16.4. The molecule has 2 heterocycles. The molecule has 4 nitrogen and oxygen atoms in total. The summed E-state index contributed by atoms with van der Waals surface area (Å²) in [6, 6.07) is 10.8. The van der Waals surface area contributed by atoms with Crippen LogP contribution < -0.4 is 0 Å². The standard InChI is InChI=1S/C23H33NO3/c25-23(21-8-6-20(7-9-21)19-4-2-1-3-5-19)24-13-10-22(11-14-24)27-17-18-12-15-26-16-18/h1-5,18,20-22H,6-17H2. The summed E-state index contributed by atoms with van der Waals surface area (Å²) in [6.07, 6.45) is 7.78. The molecule has 1 unspecified atom stereocenters. The summed E-state index contributed by atoms with van der Waals surface area (Å²) in [4.78, 5) is 15.0. The Kier molecular flexibility index (Phi) is 6.46. The zero-order chi connectivity index (χ0) is 18.5. The number of hydrogen-bond acceptors (Lipinski definition) is 3. The molecule has 148 valence electrons. The van der Waals surface area contributed by atoms with Gasteiger partial charge in [-0.3, -0.25) is 4.79 Å². The lowest BCUT2D eigenvalue weighted by molar-refractivity contribution is -0.139. The van der Waals surface area contributed by atoms with E-state index in [4.69, 9.17) is 9.47 Å². The highest BCUT2D eigenvalue weighted by atomic mass is 16.5. The molecule has 0 radical (unpaired) electrons. The molecular formula is C23H33NO3. The van der Waals surface area contributed by atoms with Crippen molar-refractivity contribution >= 4 is 5.91 Å². The summed E-state index contributed by atoms with van der Waals surface area (Å²) in [6.45, 7) is 4.28. The Bertz CT molecular complexity index is 583. The first-order chi connectivity index (χ1) is 13.3. The van der Waals surface area contributed by atoms with Crippen molar-refractivity contribution in [2.45, 2.75) is 57.0 Å². The van der Waals surface area contributed by atoms with Gasteiger partial charge in [0.15, 0.2) is 0 Å². The highest BCUT2D eigenvalue weighted by molar-refractivity contribution is 5.79. The van der Waals surface area contributed by atoms with Crippen molar-refractivity contribution in [2.24, 2.45) is 11.8 Å². The molecule has 2 aliphatic heterocycles. The first kappa shape index (κ1) is 18.9. The van der Waals surface area contributed by atoms with Crippen molar-refractivity contribution in [2.75, 3.05) is 32.9 Å². The highest BCUT2D eigenvalue weighted by Crippen LogP contribution is 2.36. The molecule has 2 saturated heterocycles. The normalized spacial score (nSPS) is 29.8. The van der Waals surface area contributed by atoms with Crippen LogP contribution in [0, 0.1) is 11.8 Å². The average Bonchev–Trinajstić information content (AvgIpc) is 3.27. The van der Waals surface area contributed by atoms with E-state index >= 15 is 0 Å². The van der Waals surface area contributed by atoms with E-state index in [0.717, 1.165) is 77.9 Å². The van der Waals surface area contributed by atoms with Crippen LogP contribution in [0.25, 0.3) is 0 Å². The Morgan fingerprint density at radius 2 is 1.74 bits per heavy atom. The molecule has 0 spiro atoms. The lowest BCUT2D eigenvalue weighted by atomic mass is 9.78. The maximum Gasteiger partial charge on any atom is 0.225 e. The molecule has 0 N–H and O–H groups in total. The smallest absolute Gasteiger partial charge is 0.225 e. The molecule has 4 rings (SSSR count). The summed E-state index contributed by atoms with van der Waals surface area (Å²) in [5.41, 5.74) is 1.44. The van der Waals surface area contributed by atoms with Crippen molar-refractivity contribution in [3.05, 3.63) is 35.9 Å². The molecule has 4 heteroatoms. The lowest BCUT2D eigenvalue weighted by Crippen LogP contribution is -2.44. The number of hydrogen-bond donors (Lipinski definition) is 0. The Morgan fingerprint density at radius 3 is 2.41 bits per heavy atom. The van der Waals surface area contributed by atoms with E-state index in [1.54, 1.807) is 0 Å².